The van der Waals surface area contributed by atoms with Gasteiger partial charge in [0.15, 0.2) is 0 Å². The Morgan fingerprint density at radius 1 is 1.65 bits per heavy atom. The zero-order valence-corrected chi connectivity index (χ0v) is 10.3. The second-order valence-corrected chi connectivity index (χ2v) is 3.76. The number of hydrogen-bond donors (Lipinski definition) is 2. The normalized spacial score (nSPS) is 13.0. The number of halogens is 3. The van der Waals surface area contributed by atoms with Crippen molar-refractivity contribution in [3.8, 4) is 0 Å². The fourth-order valence-electron chi connectivity index (χ4n) is 1.43. The molecule has 0 saturated carbocycles. The van der Waals surface area contributed by atoms with Crippen LogP contribution in [-0.2, 0) is 6.18 Å². The van der Waals surface area contributed by atoms with Crippen molar-refractivity contribution in [2.45, 2.75) is 19.1 Å². The van der Waals surface area contributed by atoms with Gasteiger partial charge in [0.05, 0.1) is 11.9 Å². The highest BCUT2D eigenvalue weighted by atomic mass is 19.4. The lowest BCUT2D eigenvalue weighted by atomic mass is 10.2. The Morgan fingerprint density at radius 3 is 2.95 bits per heavy atom. The van der Waals surface area contributed by atoms with Gasteiger partial charge in [0.2, 0.25) is 0 Å². The topological polar surface area (TPSA) is 107 Å². The first-order chi connectivity index (χ1) is 9.36. The second kappa shape index (κ2) is 6.62. The van der Waals surface area contributed by atoms with Crippen molar-refractivity contribution in [2.24, 2.45) is 5.11 Å². The predicted molar refractivity (Wildman–Crippen MR) is 66.1 cm³/mol. The van der Waals surface area contributed by atoms with Crippen LogP contribution in [0.3, 0.4) is 0 Å². The van der Waals surface area contributed by atoms with Crippen molar-refractivity contribution in [3.63, 3.8) is 0 Å². The van der Waals surface area contributed by atoms with Crippen molar-refractivity contribution < 1.29 is 13.2 Å². The molecule has 0 saturated heterocycles. The summed E-state index contributed by atoms with van der Waals surface area (Å²) in [6.07, 6.45) is -0.892. The molecular formula is C10H11F3N6O. The maximum Gasteiger partial charge on any atom is 0.423 e. The Kier molecular flexibility index (Phi) is 5.15. The second-order valence-electron chi connectivity index (χ2n) is 3.76. The van der Waals surface area contributed by atoms with E-state index in [4.69, 9.17) is 5.53 Å². The van der Waals surface area contributed by atoms with Gasteiger partial charge in [-0.3, -0.25) is 4.79 Å². The van der Waals surface area contributed by atoms with Crippen LogP contribution >= 0.6 is 0 Å². The van der Waals surface area contributed by atoms with Crippen molar-refractivity contribution in [2.75, 3.05) is 11.9 Å². The number of aromatic nitrogens is 2. The fourth-order valence-corrected chi connectivity index (χ4v) is 1.43. The number of aromatic amines is 1. The summed E-state index contributed by atoms with van der Waals surface area (Å²) in [6, 6.07) is -0.506. The molecule has 10 heteroatoms. The van der Waals surface area contributed by atoms with Crippen LogP contribution in [0.25, 0.3) is 10.4 Å². The molecule has 0 aromatic carbocycles. The van der Waals surface area contributed by atoms with Gasteiger partial charge in [-0.15, -0.1) is 0 Å². The third kappa shape index (κ3) is 4.32. The van der Waals surface area contributed by atoms with Gasteiger partial charge in [0.1, 0.15) is 5.56 Å². The average Bonchev–Trinajstić information content (AvgIpc) is 2.33. The summed E-state index contributed by atoms with van der Waals surface area (Å²) in [7, 11) is 0. The summed E-state index contributed by atoms with van der Waals surface area (Å²) in [5.74, 6) is 0. The number of anilines is 1. The zero-order chi connectivity index (χ0) is 15.2. The fraction of sp³-hybridized carbons (Fsp3) is 0.400. The van der Waals surface area contributed by atoms with Gasteiger partial charge in [-0.1, -0.05) is 17.3 Å². The first-order valence-electron chi connectivity index (χ1n) is 5.45. The molecule has 108 valence electrons. The smallest absolute Gasteiger partial charge is 0.377 e. The molecule has 0 aliphatic carbocycles. The Hall–Kier alpha value is -2.48. The van der Waals surface area contributed by atoms with Crippen molar-refractivity contribution in [1.29, 1.82) is 0 Å². The molecule has 0 spiro atoms. The van der Waals surface area contributed by atoms with E-state index in [1.165, 1.54) is 12.2 Å². The van der Waals surface area contributed by atoms with Crippen LogP contribution in [0.5, 0.6) is 0 Å². The van der Waals surface area contributed by atoms with Crippen molar-refractivity contribution in [3.05, 3.63) is 44.7 Å². The monoisotopic (exact) mass is 288 g/mol. The predicted octanol–water partition coefficient (Wildman–Crippen LogP) is 2.46. The van der Waals surface area contributed by atoms with Gasteiger partial charge in [-0.2, -0.15) is 18.3 Å². The summed E-state index contributed by atoms with van der Waals surface area (Å²) in [5.41, 5.74) is 5.00. The third-order valence-electron chi connectivity index (χ3n) is 2.20. The Morgan fingerprint density at radius 2 is 2.35 bits per heavy atom. The maximum absolute atomic E-state index is 12.8. The van der Waals surface area contributed by atoms with E-state index >= 15 is 0 Å². The molecule has 0 amide bonds. The van der Waals surface area contributed by atoms with Gasteiger partial charge in [0.25, 0.3) is 5.56 Å². The Balaban J connectivity index is 2.93. The summed E-state index contributed by atoms with van der Waals surface area (Å²) < 4.78 is 38.3. The maximum atomic E-state index is 12.8. The first kappa shape index (κ1) is 15.6. The Bertz CT molecular complexity index is 587. The molecule has 0 aliphatic heterocycles. The first-order valence-corrected chi connectivity index (χ1v) is 5.45. The quantitative estimate of drug-likeness (QED) is 0.376. The number of nitrogens with zero attached hydrogens (tertiary/aromatic N) is 4. The largest absolute Gasteiger partial charge is 0.423 e. The van der Waals surface area contributed by atoms with Crippen LogP contribution in [-0.4, -0.2) is 22.8 Å². The highest BCUT2D eigenvalue weighted by Gasteiger charge is 2.37. The summed E-state index contributed by atoms with van der Waals surface area (Å²) in [6.45, 7) is 1.66. The highest BCUT2D eigenvalue weighted by molar-refractivity contribution is 5.50. The summed E-state index contributed by atoms with van der Waals surface area (Å²) in [5, 5.41) is 10.8. The van der Waals surface area contributed by atoms with Gasteiger partial charge in [-0.25, -0.2) is 5.10 Å². The van der Waals surface area contributed by atoms with E-state index in [0.29, 0.717) is 0 Å². The highest BCUT2D eigenvalue weighted by Crippen LogP contribution is 2.31. The van der Waals surface area contributed by atoms with Crippen LogP contribution in [0.1, 0.15) is 12.5 Å². The van der Waals surface area contributed by atoms with Gasteiger partial charge in [0, 0.05) is 17.5 Å². The van der Waals surface area contributed by atoms with Crippen LogP contribution in [0.2, 0.25) is 0 Å². The van der Waals surface area contributed by atoms with E-state index in [2.05, 4.69) is 20.4 Å². The third-order valence-corrected chi connectivity index (χ3v) is 2.20. The van der Waals surface area contributed by atoms with Crippen LogP contribution < -0.4 is 10.9 Å². The standard InChI is InChI=1S/C10H11F3N6O/c1-6(3-2-4-15-19-14)17-7-5-16-18-9(20)8(7)10(11,12)13/h2-3,5-6H,4H2,1H3,(H2,17,18,20)/b3-2+/t6-/m1/s1. The van der Waals surface area contributed by atoms with E-state index in [1.54, 1.807) is 12.0 Å². The molecule has 1 aromatic heterocycles. The number of azide groups is 1. The number of nitrogens with one attached hydrogen (secondary N) is 2. The molecule has 7 nitrogen and oxygen atoms in total. The molecule has 1 aromatic rings. The summed E-state index contributed by atoms with van der Waals surface area (Å²) >= 11 is 0. The minimum Gasteiger partial charge on any atom is -0.377 e. The molecule has 0 radical (unpaired) electrons. The SMILES string of the molecule is C[C@H](/C=C/CN=[N+]=[N-])Nc1cn[nH]c(=O)c1C(F)(F)F. The van der Waals surface area contributed by atoms with Crippen LogP contribution in [0.4, 0.5) is 18.9 Å². The van der Waals surface area contributed by atoms with Gasteiger partial charge >= 0.3 is 6.18 Å². The minimum absolute atomic E-state index is 0.0856. The zero-order valence-electron chi connectivity index (χ0n) is 10.3. The molecule has 1 atom stereocenters. The lowest BCUT2D eigenvalue weighted by Gasteiger charge is -2.15. The molecule has 1 rings (SSSR count). The summed E-state index contributed by atoms with van der Waals surface area (Å²) in [4.78, 5) is 13.7. The molecule has 0 aliphatic rings. The van der Waals surface area contributed by atoms with Crippen molar-refractivity contribution in [1.82, 2.24) is 10.2 Å². The number of alkyl halides is 3. The molecule has 0 bridgehead atoms. The van der Waals surface area contributed by atoms with Crippen LogP contribution in [0.15, 0.2) is 28.3 Å². The van der Waals surface area contributed by atoms with E-state index in [0.717, 1.165) is 6.20 Å². The van der Waals surface area contributed by atoms with E-state index < -0.39 is 29.0 Å². The Labute approximate surface area is 111 Å². The number of H-pyrrole nitrogens is 1. The molecule has 0 fully saturated rings. The van der Waals surface area contributed by atoms with E-state index in [1.807, 2.05) is 0 Å². The molecule has 1 heterocycles. The average molecular weight is 288 g/mol. The molecule has 20 heavy (non-hydrogen) atoms. The molecule has 0 unspecified atom stereocenters. The van der Waals surface area contributed by atoms with Gasteiger partial charge < -0.3 is 5.32 Å². The van der Waals surface area contributed by atoms with E-state index in [9.17, 15) is 18.0 Å². The minimum atomic E-state index is -4.78. The number of hydrogen-bond acceptors (Lipinski definition) is 4. The van der Waals surface area contributed by atoms with Gasteiger partial charge in [-0.05, 0) is 12.5 Å². The van der Waals surface area contributed by atoms with Crippen LogP contribution in [0, 0.1) is 0 Å². The lowest BCUT2D eigenvalue weighted by molar-refractivity contribution is -0.138. The van der Waals surface area contributed by atoms with E-state index in [-0.39, 0.29) is 6.54 Å². The lowest BCUT2D eigenvalue weighted by Crippen LogP contribution is -2.26. The molecule has 2 N–H and O–H groups in total. The molecular weight excluding hydrogens is 277 g/mol. The van der Waals surface area contributed by atoms with Crippen molar-refractivity contribution >= 4 is 5.69 Å². The number of rotatable bonds is 5.